The first-order chi connectivity index (χ1) is 6.59. The van der Waals surface area contributed by atoms with E-state index in [1.165, 1.54) is 6.07 Å². The fourth-order valence-electron chi connectivity index (χ4n) is 1.49. The Bertz CT molecular complexity index is 486. The Hall–Kier alpha value is -1.13. The molecule has 1 aliphatic carbocycles. The molecule has 0 bridgehead atoms. The highest BCUT2D eigenvalue weighted by molar-refractivity contribution is 7.85. The van der Waals surface area contributed by atoms with Crippen molar-refractivity contribution in [1.82, 2.24) is 0 Å². The maximum Gasteiger partial charge on any atom is 0.295 e. The van der Waals surface area contributed by atoms with E-state index < -0.39 is 10.1 Å². The second kappa shape index (κ2) is 3.22. The molecule has 0 saturated heterocycles. The molecule has 0 spiro atoms. The molecule has 0 amide bonds. The molecule has 2 rings (SSSR count). The highest BCUT2D eigenvalue weighted by atomic mass is 32.2. The minimum Gasteiger partial charge on any atom is -0.282 e. The van der Waals surface area contributed by atoms with Crippen molar-refractivity contribution in [3.05, 3.63) is 35.9 Å². The Morgan fingerprint density at radius 1 is 1.21 bits per heavy atom. The van der Waals surface area contributed by atoms with Crippen LogP contribution in [0.4, 0.5) is 0 Å². The first kappa shape index (κ1) is 9.43. The minimum atomic E-state index is -4.10. The van der Waals surface area contributed by atoms with Gasteiger partial charge in [0.2, 0.25) is 0 Å². The fraction of sp³-hybridized carbons (Fsp3) is 0.200. The highest BCUT2D eigenvalue weighted by Gasteiger charge is 2.19. The number of hydrogen-bond acceptors (Lipinski definition) is 2. The van der Waals surface area contributed by atoms with Gasteiger partial charge in [0, 0.05) is 0 Å². The van der Waals surface area contributed by atoms with E-state index in [2.05, 4.69) is 0 Å². The molecule has 74 valence electrons. The van der Waals surface area contributed by atoms with Crippen LogP contribution in [-0.2, 0) is 10.1 Å². The normalized spacial score (nSPS) is 15.9. The Morgan fingerprint density at radius 3 is 2.36 bits per heavy atom. The molecule has 0 saturated carbocycles. The molecule has 0 aliphatic heterocycles. The van der Waals surface area contributed by atoms with E-state index in [-0.39, 0.29) is 4.90 Å². The Balaban J connectivity index is 2.60. The molecule has 0 atom stereocenters. The van der Waals surface area contributed by atoms with Crippen LogP contribution in [0, 0.1) is 0 Å². The zero-order valence-corrected chi connectivity index (χ0v) is 8.29. The maximum absolute atomic E-state index is 11.0. The lowest BCUT2D eigenvalue weighted by molar-refractivity contribution is 0.483. The SMILES string of the molecule is O=S(=O)(O)c1ccccc1C1=CCC1. The van der Waals surface area contributed by atoms with Gasteiger partial charge in [-0.3, -0.25) is 4.55 Å². The van der Waals surface area contributed by atoms with E-state index in [9.17, 15) is 8.42 Å². The molecule has 1 aliphatic rings. The van der Waals surface area contributed by atoms with Crippen molar-refractivity contribution in [2.75, 3.05) is 0 Å². The molecule has 0 fully saturated rings. The summed E-state index contributed by atoms with van der Waals surface area (Å²) >= 11 is 0. The number of rotatable bonds is 2. The van der Waals surface area contributed by atoms with E-state index in [0.717, 1.165) is 18.4 Å². The van der Waals surface area contributed by atoms with Crippen LogP contribution in [0.2, 0.25) is 0 Å². The summed E-state index contributed by atoms with van der Waals surface area (Å²) in [6.07, 6.45) is 3.84. The molecule has 0 radical (unpaired) electrons. The van der Waals surface area contributed by atoms with Gasteiger partial charge in [-0.05, 0) is 30.0 Å². The minimum absolute atomic E-state index is 0.00551. The fourth-order valence-corrected chi connectivity index (χ4v) is 2.22. The number of benzene rings is 1. The van der Waals surface area contributed by atoms with Crippen molar-refractivity contribution >= 4 is 15.7 Å². The third-order valence-electron chi connectivity index (χ3n) is 2.32. The van der Waals surface area contributed by atoms with Crippen molar-refractivity contribution in [3.8, 4) is 0 Å². The molecule has 3 nitrogen and oxygen atoms in total. The van der Waals surface area contributed by atoms with E-state index in [0.29, 0.717) is 5.56 Å². The van der Waals surface area contributed by atoms with Gasteiger partial charge in [-0.1, -0.05) is 24.3 Å². The summed E-state index contributed by atoms with van der Waals surface area (Å²) in [5.41, 5.74) is 1.62. The van der Waals surface area contributed by atoms with Crippen LogP contribution in [0.5, 0.6) is 0 Å². The summed E-state index contributed by atoms with van der Waals surface area (Å²) in [6, 6.07) is 6.51. The summed E-state index contributed by atoms with van der Waals surface area (Å²) < 4.78 is 31.0. The summed E-state index contributed by atoms with van der Waals surface area (Å²) in [7, 11) is -4.10. The molecule has 1 aromatic rings. The van der Waals surface area contributed by atoms with E-state index in [4.69, 9.17) is 4.55 Å². The lowest BCUT2D eigenvalue weighted by Crippen LogP contribution is -2.04. The first-order valence-electron chi connectivity index (χ1n) is 4.35. The largest absolute Gasteiger partial charge is 0.295 e. The number of allylic oxidation sites excluding steroid dienone is 2. The second-order valence-electron chi connectivity index (χ2n) is 3.24. The molecule has 14 heavy (non-hydrogen) atoms. The summed E-state index contributed by atoms with van der Waals surface area (Å²) in [5.74, 6) is 0. The quantitative estimate of drug-likeness (QED) is 0.760. The van der Waals surface area contributed by atoms with Gasteiger partial charge in [0.1, 0.15) is 4.90 Å². The molecule has 0 aromatic heterocycles. The van der Waals surface area contributed by atoms with Gasteiger partial charge >= 0.3 is 0 Å². The molecule has 1 aromatic carbocycles. The van der Waals surface area contributed by atoms with Crippen LogP contribution in [0.1, 0.15) is 18.4 Å². The predicted octanol–water partition coefficient (Wildman–Crippen LogP) is 2.11. The monoisotopic (exact) mass is 210 g/mol. The van der Waals surface area contributed by atoms with Gasteiger partial charge < -0.3 is 0 Å². The second-order valence-corrected chi connectivity index (χ2v) is 4.63. The number of hydrogen-bond donors (Lipinski definition) is 1. The van der Waals surface area contributed by atoms with Gasteiger partial charge in [0.05, 0.1) is 0 Å². The predicted molar refractivity (Wildman–Crippen MR) is 53.5 cm³/mol. The summed E-state index contributed by atoms with van der Waals surface area (Å²) in [4.78, 5) is 0.00551. The topological polar surface area (TPSA) is 54.4 Å². The third kappa shape index (κ3) is 1.58. The molecule has 0 unspecified atom stereocenters. The Labute approximate surface area is 82.8 Å². The van der Waals surface area contributed by atoms with Gasteiger partial charge in [-0.15, -0.1) is 0 Å². The van der Waals surface area contributed by atoms with Crippen LogP contribution < -0.4 is 0 Å². The Morgan fingerprint density at radius 2 is 1.86 bits per heavy atom. The van der Waals surface area contributed by atoms with Crippen molar-refractivity contribution in [1.29, 1.82) is 0 Å². The lowest BCUT2D eigenvalue weighted by Gasteiger charge is -2.16. The van der Waals surface area contributed by atoms with Crippen LogP contribution in [-0.4, -0.2) is 13.0 Å². The van der Waals surface area contributed by atoms with Crippen molar-refractivity contribution < 1.29 is 13.0 Å². The van der Waals surface area contributed by atoms with Crippen molar-refractivity contribution in [2.45, 2.75) is 17.7 Å². The summed E-state index contributed by atoms with van der Waals surface area (Å²) in [6.45, 7) is 0. The van der Waals surface area contributed by atoms with E-state index in [1.54, 1.807) is 18.2 Å². The average Bonchev–Trinajstić information content (AvgIpc) is 2.00. The van der Waals surface area contributed by atoms with Crippen LogP contribution in [0.3, 0.4) is 0 Å². The molecular formula is C10H10O3S. The van der Waals surface area contributed by atoms with Crippen molar-refractivity contribution in [3.63, 3.8) is 0 Å². The zero-order chi connectivity index (χ0) is 10.2. The van der Waals surface area contributed by atoms with Crippen LogP contribution in [0.25, 0.3) is 5.57 Å². The van der Waals surface area contributed by atoms with E-state index >= 15 is 0 Å². The molecule has 0 heterocycles. The van der Waals surface area contributed by atoms with E-state index in [1.807, 2.05) is 6.08 Å². The highest BCUT2D eigenvalue weighted by Crippen LogP contribution is 2.32. The molecule has 1 N–H and O–H groups in total. The smallest absolute Gasteiger partial charge is 0.282 e. The van der Waals surface area contributed by atoms with Crippen molar-refractivity contribution in [2.24, 2.45) is 0 Å². The van der Waals surface area contributed by atoms with Gasteiger partial charge in [-0.2, -0.15) is 8.42 Å². The van der Waals surface area contributed by atoms with Crippen LogP contribution >= 0.6 is 0 Å². The molecular weight excluding hydrogens is 200 g/mol. The average molecular weight is 210 g/mol. The van der Waals surface area contributed by atoms with Gasteiger partial charge in [0.25, 0.3) is 10.1 Å². The van der Waals surface area contributed by atoms with Gasteiger partial charge in [0.15, 0.2) is 0 Å². The first-order valence-corrected chi connectivity index (χ1v) is 5.79. The lowest BCUT2D eigenvalue weighted by atomic mass is 9.92. The van der Waals surface area contributed by atoms with Gasteiger partial charge in [-0.25, -0.2) is 0 Å². The molecule has 4 heteroatoms. The zero-order valence-electron chi connectivity index (χ0n) is 7.47. The summed E-state index contributed by atoms with van der Waals surface area (Å²) in [5, 5.41) is 0. The third-order valence-corrected chi connectivity index (χ3v) is 3.23. The maximum atomic E-state index is 11.0. The standard InChI is InChI=1S/C10H10O3S/c11-14(12,13)10-7-2-1-6-9(10)8-4-3-5-8/h1-2,4,6-7H,3,5H2,(H,11,12,13). The van der Waals surface area contributed by atoms with Crippen LogP contribution in [0.15, 0.2) is 35.2 Å². The Kier molecular flexibility index (Phi) is 2.17.